The fraction of sp³-hybridized carbons (Fsp3) is 0.812. The minimum Gasteiger partial charge on any atom is -0.425 e. The van der Waals surface area contributed by atoms with Crippen molar-refractivity contribution in [3.8, 4) is 0 Å². The van der Waals surface area contributed by atoms with Crippen LogP contribution in [0.3, 0.4) is 0 Å². The molecule has 1 aromatic rings. The number of aromatic nitrogens is 2. The van der Waals surface area contributed by atoms with E-state index >= 15 is 0 Å². The minimum absolute atomic E-state index is 0.0443. The van der Waals surface area contributed by atoms with Crippen molar-refractivity contribution in [3.05, 3.63) is 11.8 Å². The molecular formula is C16H27N3O2. The summed E-state index contributed by atoms with van der Waals surface area (Å²) >= 11 is 0. The number of piperidine rings is 1. The Morgan fingerprint density at radius 3 is 2.71 bits per heavy atom. The van der Waals surface area contributed by atoms with E-state index in [4.69, 9.17) is 4.42 Å². The summed E-state index contributed by atoms with van der Waals surface area (Å²) in [4.78, 5) is 14.1. The van der Waals surface area contributed by atoms with Crippen molar-refractivity contribution in [2.75, 3.05) is 13.1 Å². The Bertz CT molecular complexity index is 488. The number of carbonyl (C=O) groups is 1. The van der Waals surface area contributed by atoms with E-state index in [2.05, 4.69) is 31.0 Å². The van der Waals surface area contributed by atoms with Crippen LogP contribution in [0.25, 0.3) is 0 Å². The van der Waals surface area contributed by atoms with Gasteiger partial charge in [-0.25, -0.2) is 0 Å². The summed E-state index contributed by atoms with van der Waals surface area (Å²) in [7, 11) is 0. The summed E-state index contributed by atoms with van der Waals surface area (Å²) in [5.74, 6) is 1.83. The summed E-state index contributed by atoms with van der Waals surface area (Å²) < 4.78 is 5.83. The molecule has 1 fully saturated rings. The molecule has 2 rings (SSSR count). The predicted octanol–water partition coefficient (Wildman–Crippen LogP) is 3.02. The quantitative estimate of drug-likeness (QED) is 0.859. The second-order valence-electron chi connectivity index (χ2n) is 7.55. The van der Waals surface area contributed by atoms with Crippen LogP contribution in [0, 0.1) is 11.3 Å². The van der Waals surface area contributed by atoms with Gasteiger partial charge in [-0.3, -0.25) is 4.79 Å². The molecule has 1 aromatic heterocycles. The molecule has 21 heavy (non-hydrogen) atoms. The van der Waals surface area contributed by atoms with Crippen molar-refractivity contribution in [1.82, 2.24) is 15.1 Å². The number of carbonyl (C=O) groups excluding carboxylic acids is 1. The average molecular weight is 293 g/mol. The standard InChI is InChI=1S/C16H27N3O2/c1-11(2)15(20)19-8-6-7-12(10-19)14-18-17-13(21-14)9-16(3,4)5/h11-12H,6-10H2,1-5H3. The van der Waals surface area contributed by atoms with Crippen LogP contribution in [0.5, 0.6) is 0 Å². The van der Waals surface area contributed by atoms with Crippen LogP contribution >= 0.6 is 0 Å². The molecule has 1 saturated heterocycles. The van der Waals surface area contributed by atoms with Crippen molar-refractivity contribution in [2.24, 2.45) is 11.3 Å². The van der Waals surface area contributed by atoms with Gasteiger partial charge in [-0.15, -0.1) is 10.2 Å². The van der Waals surface area contributed by atoms with Gasteiger partial charge in [-0.2, -0.15) is 0 Å². The summed E-state index contributed by atoms with van der Waals surface area (Å²) in [5, 5.41) is 8.37. The second kappa shape index (κ2) is 6.16. The van der Waals surface area contributed by atoms with Crippen LogP contribution in [0.15, 0.2) is 4.42 Å². The van der Waals surface area contributed by atoms with E-state index in [0.717, 1.165) is 25.8 Å². The highest BCUT2D eigenvalue weighted by Gasteiger charge is 2.29. The Morgan fingerprint density at radius 2 is 2.10 bits per heavy atom. The zero-order valence-corrected chi connectivity index (χ0v) is 13.8. The monoisotopic (exact) mass is 293 g/mol. The molecule has 0 saturated carbocycles. The van der Waals surface area contributed by atoms with Crippen molar-refractivity contribution in [3.63, 3.8) is 0 Å². The first kappa shape index (κ1) is 16.0. The molecule has 1 atom stereocenters. The number of hydrogen-bond acceptors (Lipinski definition) is 4. The zero-order valence-electron chi connectivity index (χ0n) is 13.8. The molecule has 5 nitrogen and oxygen atoms in total. The molecule has 0 N–H and O–H groups in total. The third-order valence-corrected chi connectivity index (χ3v) is 3.74. The topological polar surface area (TPSA) is 59.2 Å². The summed E-state index contributed by atoms with van der Waals surface area (Å²) in [6, 6.07) is 0. The summed E-state index contributed by atoms with van der Waals surface area (Å²) in [6.45, 7) is 11.9. The summed E-state index contributed by atoms with van der Waals surface area (Å²) in [5.41, 5.74) is 0.135. The highest BCUT2D eigenvalue weighted by atomic mass is 16.4. The van der Waals surface area contributed by atoms with Gasteiger partial charge in [-0.1, -0.05) is 34.6 Å². The maximum absolute atomic E-state index is 12.1. The fourth-order valence-corrected chi connectivity index (χ4v) is 2.70. The number of hydrogen-bond donors (Lipinski definition) is 0. The molecule has 0 radical (unpaired) electrons. The average Bonchev–Trinajstić information content (AvgIpc) is 2.84. The van der Waals surface area contributed by atoms with Gasteiger partial charge in [0.15, 0.2) is 0 Å². The third-order valence-electron chi connectivity index (χ3n) is 3.74. The lowest BCUT2D eigenvalue weighted by atomic mass is 9.92. The highest BCUT2D eigenvalue weighted by molar-refractivity contribution is 5.78. The van der Waals surface area contributed by atoms with Gasteiger partial charge in [0.2, 0.25) is 17.7 Å². The second-order valence-corrected chi connectivity index (χ2v) is 7.55. The van der Waals surface area contributed by atoms with E-state index in [1.54, 1.807) is 0 Å². The molecule has 0 bridgehead atoms. The first-order valence-corrected chi connectivity index (χ1v) is 7.87. The third kappa shape index (κ3) is 4.29. The molecule has 118 valence electrons. The lowest BCUT2D eigenvalue weighted by Crippen LogP contribution is -2.41. The van der Waals surface area contributed by atoms with Crippen LogP contribution in [0.1, 0.15) is 65.2 Å². The molecule has 1 unspecified atom stereocenters. The van der Waals surface area contributed by atoms with Gasteiger partial charge in [0.25, 0.3) is 0 Å². The van der Waals surface area contributed by atoms with E-state index in [0.29, 0.717) is 18.3 Å². The van der Waals surface area contributed by atoms with Gasteiger partial charge >= 0.3 is 0 Å². The molecular weight excluding hydrogens is 266 g/mol. The lowest BCUT2D eigenvalue weighted by Gasteiger charge is -2.32. The van der Waals surface area contributed by atoms with Crippen LogP contribution in [-0.4, -0.2) is 34.1 Å². The Labute approximate surface area is 127 Å². The van der Waals surface area contributed by atoms with E-state index < -0.39 is 0 Å². The molecule has 5 heteroatoms. The SMILES string of the molecule is CC(C)C(=O)N1CCCC(c2nnc(CC(C)(C)C)o2)C1. The van der Waals surface area contributed by atoms with Crippen molar-refractivity contribution >= 4 is 5.91 Å². The Morgan fingerprint density at radius 1 is 1.38 bits per heavy atom. The van der Waals surface area contributed by atoms with Crippen LogP contribution < -0.4 is 0 Å². The molecule has 0 aliphatic carbocycles. The minimum atomic E-state index is 0.0443. The van der Waals surface area contributed by atoms with Crippen LogP contribution in [-0.2, 0) is 11.2 Å². The van der Waals surface area contributed by atoms with Gasteiger partial charge in [-0.05, 0) is 18.3 Å². The molecule has 2 heterocycles. The van der Waals surface area contributed by atoms with Crippen molar-refractivity contribution in [1.29, 1.82) is 0 Å². The van der Waals surface area contributed by atoms with E-state index in [-0.39, 0.29) is 23.2 Å². The van der Waals surface area contributed by atoms with Gasteiger partial charge in [0.1, 0.15) is 0 Å². The maximum Gasteiger partial charge on any atom is 0.225 e. The van der Waals surface area contributed by atoms with Gasteiger partial charge in [0.05, 0.1) is 5.92 Å². The highest BCUT2D eigenvalue weighted by Crippen LogP contribution is 2.28. The summed E-state index contributed by atoms with van der Waals surface area (Å²) in [6.07, 6.45) is 2.79. The molecule has 0 aromatic carbocycles. The van der Waals surface area contributed by atoms with E-state index in [9.17, 15) is 4.79 Å². The Hall–Kier alpha value is -1.39. The molecule has 1 aliphatic heterocycles. The number of likely N-dealkylation sites (tertiary alicyclic amines) is 1. The zero-order chi connectivity index (χ0) is 15.6. The first-order chi connectivity index (χ1) is 9.76. The lowest BCUT2D eigenvalue weighted by molar-refractivity contribution is -0.135. The van der Waals surface area contributed by atoms with Crippen LogP contribution in [0.4, 0.5) is 0 Å². The van der Waals surface area contributed by atoms with Crippen molar-refractivity contribution < 1.29 is 9.21 Å². The van der Waals surface area contributed by atoms with Gasteiger partial charge in [0, 0.05) is 25.4 Å². The number of rotatable bonds is 3. The van der Waals surface area contributed by atoms with E-state index in [1.165, 1.54) is 0 Å². The maximum atomic E-state index is 12.1. The van der Waals surface area contributed by atoms with E-state index in [1.807, 2.05) is 18.7 Å². The Balaban J connectivity index is 2.03. The predicted molar refractivity (Wildman–Crippen MR) is 80.9 cm³/mol. The van der Waals surface area contributed by atoms with Crippen LogP contribution in [0.2, 0.25) is 0 Å². The van der Waals surface area contributed by atoms with Gasteiger partial charge < -0.3 is 9.32 Å². The largest absolute Gasteiger partial charge is 0.425 e. The van der Waals surface area contributed by atoms with Crippen molar-refractivity contribution in [2.45, 2.75) is 59.8 Å². The molecule has 1 amide bonds. The first-order valence-electron chi connectivity index (χ1n) is 7.87. The molecule has 0 spiro atoms. The fourth-order valence-electron chi connectivity index (χ4n) is 2.70. The number of nitrogens with zero attached hydrogens (tertiary/aromatic N) is 3. The number of amides is 1. The molecule has 1 aliphatic rings. The Kier molecular flexibility index (Phi) is 4.69. The smallest absolute Gasteiger partial charge is 0.225 e. The normalized spacial score (nSPS) is 20.1.